The molecule has 0 fully saturated rings. The van der Waals surface area contributed by atoms with E-state index in [0.717, 1.165) is 6.42 Å². The molecule has 0 spiro atoms. The van der Waals surface area contributed by atoms with E-state index in [1.165, 1.54) is 35.6 Å². The topological polar surface area (TPSA) is 63.2 Å². The van der Waals surface area contributed by atoms with Crippen molar-refractivity contribution in [3.63, 3.8) is 0 Å². The second kappa shape index (κ2) is 8.19. The molecule has 0 aliphatic heterocycles. The van der Waals surface area contributed by atoms with Crippen LogP contribution >= 0.6 is 11.3 Å². The maximum Gasteiger partial charge on any atom is 0.573 e. The van der Waals surface area contributed by atoms with Crippen molar-refractivity contribution in [1.82, 2.24) is 10.3 Å². The van der Waals surface area contributed by atoms with Crippen molar-refractivity contribution in [1.29, 1.82) is 0 Å². The van der Waals surface area contributed by atoms with E-state index in [4.69, 9.17) is 0 Å². The number of anilines is 2. The third-order valence-electron chi connectivity index (χ3n) is 3.25. The van der Waals surface area contributed by atoms with Gasteiger partial charge in [0, 0.05) is 17.1 Å². The van der Waals surface area contributed by atoms with Crippen LogP contribution in [0.3, 0.4) is 0 Å². The van der Waals surface area contributed by atoms with Gasteiger partial charge in [-0.15, -0.1) is 24.5 Å². The van der Waals surface area contributed by atoms with E-state index >= 15 is 0 Å². The predicted octanol–water partition coefficient (Wildman–Crippen LogP) is 4.24. The molecule has 1 heterocycles. The number of amides is 1. The molecule has 1 amide bonds. The zero-order valence-corrected chi connectivity index (χ0v) is 14.5. The van der Waals surface area contributed by atoms with Gasteiger partial charge in [-0.1, -0.05) is 6.92 Å². The number of ether oxygens (including phenoxy) is 1. The number of nitrogens with one attached hydrogen (secondary N) is 2. The number of benzene rings is 1. The Labute approximate surface area is 147 Å². The van der Waals surface area contributed by atoms with Crippen molar-refractivity contribution >= 4 is 28.1 Å². The highest BCUT2D eigenvalue weighted by Gasteiger charge is 2.30. The van der Waals surface area contributed by atoms with E-state index < -0.39 is 6.36 Å². The SMILES string of the molecule is CCC(C)NC(=O)Cc1csc(Nc2ccc(OC(F)(F)F)cc2)n1. The molecule has 2 aromatic rings. The Morgan fingerprint density at radius 3 is 2.60 bits per heavy atom. The molecule has 5 nitrogen and oxygen atoms in total. The molecule has 25 heavy (non-hydrogen) atoms. The minimum absolute atomic E-state index is 0.0974. The van der Waals surface area contributed by atoms with Gasteiger partial charge in [0.15, 0.2) is 5.13 Å². The second-order valence-corrected chi connectivity index (χ2v) is 6.25. The Kier molecular flexibility index (Phi) is 6.24. The molecule has 0 aliphatic carbocycles. The Morgan fingerprint density at radius 1 is 1.32 bits per heavy atom. The van der Waals surface area contributed by atoms with Crippen LogP contribution in [-0.4, -0.2) is 23.3 Å². The molecular formula is C16H18F3N3O2S. The van der Waals surface area contributed by atoms with Crippen LogP contribution in [-0.2, 0) is 11.2 Å². The van der Waals surface area contributed by atoms with Crippen LogP contribution < -0.4 is 15.4 Å². The lowest BCUT2D eigenvalue weighted by atomic mass is 10.2. The molecule has 0 aliphatic rings. The molecule has 2 rings (SSSR count). The molecule has 1 unspecified atom stereocenters. The first kappa shape index (κ1) is 19.0. The van der Waals surface area contributed by atoms with Crippen molar-refractivity contribution in [2.24, 2.45) is 0 Å². The fourth-order valence-electron chi connectivity index (χ4n) is 1.90. The minimum Gasteiger partial charge on any atom is -0.406 e. The molecule has 0 bridgehead atoms. The average Bonchev–Trinajstić information content (AvgIpc) is 2.94. The molecule has 0 saturated heterocycles. The van der Waals surface area contributed by atoms with Crippen molar-refractivity contribution in [3.8, 4) is 5.75 Å². The van der Waals surface area contributed by atoms with Gasteiger partial charge in [0.1, 0.15) is 5.75 Å². The molecule has 136 valence electrons. The van der Waals surface area contributed by atoms with E-state index in [0.29, 0.717) is 16.5 Å². The van der Waals surface area contributed by atoms with Crippen molar-refractivity contribution in [3.05, 3.63) is 35.3 Å². The molecule has 1 atom stereocenters. The van der Waals surface area contributed by atoms with E-state index in [1.54, 1.807) is 5.38 Å². The number of hydrogen-bond acceptors (Lipinski definition) is 5. The van der Waals surface area contributed by atoms with Gasteiger partial charge in [0.05, 0.1) is 12.1 Å². The summed E-state index contributed by atoms with van der Waals surface area (Å²) in [5.74, 6) is -0.389. The number of nitrogens with zero attached hydrogens (tertiary/aromatic N) is 1. The zero-order valence-electron chi connectivity index (χ0n) is 13.7. The number of halogens is 3. The number of rotatable bonds is 7. The van der Waals surface area contributed by atoms with Gasteiger partial charge in [-0.3, -0.25) is 4.79 Å². The van der Waals surface area contributed by atoms with Crippen LogP contribution in [0.15, 0.2) is 29.6 Å². The van der Waals surface area contributed by atoms with Gasteiger partial charge < -0.3 is 15.4 Å². The Bertz CT molecular complexity index is 701. The Hall–Kier alpha value is -2.29. The highest BCUT2D eigenvalue weighted by atomic mass is 32.1. The third-order valence-corrected chi connectivity index (χ3v) is 4.06. The van der Waals surface area contributed by atoms with E-state index in [9.17, 15) is 18.0 Å². The highest BCUT2D eigenvalue weighted by molar-refractivity contribution is 7.13. The largest absolute Gasteiger partial charge is 0.573 e. The summed E-state index contributed by atoms with van der Waals surface area (Å²) in [7, 11) is 0. The summed E-state index contributed by atoms with van der Waals surface area (Å²) >= 11 is 1.31. The standard InChI is InChI=1S/C16H18F3N3O2S/c1-3-10(2)20-14(23)8-12-9-25-15(22-12)21-11-4-6-13(7-5-11)24-16(17,18)19/h4-7,9-10H,3,8H2,1-2H3,(H,20,23)(H,21,22). The molecule has 0 saturated carbocycles. The molecule has 2 N–H and O–H groups in total. The first-order valence-electron chi connectivity index (χ1n) is 7.61. The number of alkyl halides is 3. The molecule has 9 heteroatoms. The van der Waals surface area contributed by atoms with Crippen molar-refractivity contribution in [2.75, 3.05) is 5.32 Å². The summed E-state index contributed by atoms with van der Waals surface area (Å²) in [6.45, 7) is 3.92. The lowest BCUT2D eigenvalue weighted by Gasteiger charge is -2.10. The number of hydrogen-bond donors (Lipinski definition) is 2. The predicted molar refractivity (Wildman–Crippen MR) is 90.1 cm³/mol. The number of aromatic nitrogens is 1. The minimum atomic E-state index is -4.71. The highest BCUT2D eigenvalue weighted by Crippen LogP contribution is 2.26. The van der Waals surface area contributed by atoms with Crippen molar-refractivity contribution < 1.29 is 22.7 Å². The number of carbonyl (C=O) groups excluding carboxylic acids is 1. The van der Waals surface area contributed by atoms with E-state index in [-0.39, 0.29) is 24.1 Å². The first-order valence-corrected chi connectivity index (χ1v) is 8.49. The van der Waals surface area contributed by atoms with Gasteiger partial charge in [-0.2, -0.15) is 0 Å². The third kappa shape index (κ3) is 6.61. The summed E-state index contributed by atoms with van der Waals surface area (Å²) in [4.78, 5) is 16.1. The van der Waals surface area contributed by atoms with Crippen LogP contribution in [0.25, 0.3) is 0 Å². The smallest absolute Gasteiger partial charge is 0.406 e. The quantitative estimate of drug-likeness (QED) is 0.762. The maximum absolute atomic E-state index is 12.1. The van der Waals surface area contributed by atoms with Crippen LogP contribution in [0.4, 0.5) is 24.0 Å². The second-order valence-electron chi connectivity index (χ2n) is 5.39. The van der Waals surface area contributed by atoms with Gasteiger partial charge in [0.2, 0.25) is 5.91 Å². The summed E-state index contributed by atoms with van der Waals surface area (Å²) in [6, 6.07) is 5.45. The van der Waals surface area contributed by atoms with Crippen molar-refractivity contribution in [2.45, 2.75) is 39.1 Å². The van der Waals surface area contributed by atoms with Gasteiger partial charge in [-0.05, 0) is 37.6 Å². The van der Waals surface area contributed by atoms with Gasteiger partial charge >= 0.3 is 6.36 Å². The molecular weight excluding hydrogens is 355 g/mol. The van der Waals surface area contributed by atoms with Crippen LogP contribution in [0.2, 0.25) is 0 Å². The van der Waals surface area contributed by atoms with Gasteiger partial charge in [-0.25, -0.2) is 4.98 Å². The van der Waals surface area contributed by atoms with Crippen LogP contribution in [0, 0.1) is 0 Å². The lowest BCUT2D eigenvalue weighted by Crippen LogP contribution is -2.33. The number of carbonyl (C=O) groups is 1. The lowest BCUT2D eigenvalue weighted by molar-refractivity contribution is -0.274. The molecule has 0 radical (unpaired) electrons. The normalized spacial score (nSPS) is 12.5. The molecule has 1 aromatic carbocycles. The maximum atomic E-state index is 12.1. The summed E-state index contributed by atoms with van der Waals surface area (Å²) in [6.07, 6.45) is -3.68. The fraction of sp³-hybridized carbons (Fsp3) is 0.375. The number of thiazole rings is 1. The van der Waals surface area contributed by atoms with Crippen LogP contribution in [0.1, 0.15) is 26.0 Å². The van der Waals surface area contributed by atoms with E-state index in [2.05, 4.69) is 20.4 Å². The first-order chi connectivity index (χ1) is 11.7. The Balaban J connectivity index is 1.91. The monoisotopic (exact) mass is 373 g/mol. The summed E-state index contributed by atoms with van der Waals surface area (Å²) in [5.41, 5.74) is 1.20. The summed E-state index contributed by atoms with van der Waals surface area (Å²) in [5, 5.41) is 8.15. The van der Waals surface area contributed by atoms with E-state index in [1.807, 2.05) is 13.8 Å². The summed E-state index contributed by atoms with van der Waals surface area (Å²) < 4.78 is 40.2. The van der Waals surface area contributed by atoms with Gasteiger partial charge in [0.25, 0.3) is 0 Å². The fourth-order valence-corrected chi connectivity index (χ4v) is 2.63. The Morgan fingerprint density at radius 2 is 2.00 bits per heavy atom. The molecule has 1 aromatic heterocycles. The zero-order chi connectivity index (χ0) is 18.4. The van der Waals surface area contributed by atoms with Crippen LogP contribution in [0.5, 0.6) is 5.75 Å². The average molecular weight is 373 g/mol.